The summed E-state index contributed by atoms with van der Waals surface area (Å²) in [4.78, 5) is 23.9. The molecule has 0 saturated carbocycles. The van der Waals surface area contributed by atoms with Crippen molar-refractivity contribution < 1.29 is 24.5 Å². The van der Waals surface area contributed by atoms with Gasteiger partial charge in [-0.05, 0) is 69.1 Å². The average Bonchev–Trinajstić information content (AvgIpc) is 2.54. The number of phenols is 2. The van der Waals surface area contributed by atoms with E-state index in [1.165, 1.54) is 30.3 Å². The fraction of sp³-hybridized carbons (Fsp3) is 0.125. The lowest BCUT2D eigenvalue weighted by Gasteiger charge is -2.11. The van der Waals surface area contributed by atoms with Crippen LogP contribution in [0.3, 0.4) is 0 Å². The van der Waals surface area contributed by atoms with E-state index in [1.807, 2.05) is 0 Å². The van der Waals surface area contributed by atoms with Gasteiger partial charge in [0.25, 0.3) is 5.91 Å². The van der Waals surface area contributed by atoms with Gasteiger partial charge in [0.2, 0.25) is 0 Å². The highest BCUT2D eigenvalue weighted by atomic mass is 79.9. The second-order valence-corrected chi connectivity index (χ2v) is 6.37. The molecule has 3 N–H and O–H groups in total. The summed E-state index contributed by atoms with van der Waals surface area (Å²) in [5, 5.41) is 22.5. The van der Waals surface area contributed by atoms with Gasteiger partial charge in [-0.2, -0.15) is 0 Å². The molecule has 0 spiro atoms. The third kappa shape index (κ3) is 3.88. The first-order valence-electron chi connectivity index (χ1n) is 6.83. The van der Waals surface area contributed by atoms with Gasteiger partial charge in [-0.1, -0.05) is 0 Å². The van der Waals surface area contributed by atoms with Crippen LogP contribution in [-0.4, -0.2) is 28.7 Å². The number of phenolic OH excluding ortho intramolecular Hbond substituents is 2. The minimum absolute atomic E-state index is 0.259. The van der Waals surface area contributed by atoms with Gasteiger partial charge in [0.1, 0.15) is 17.1 Å². The molecule has 0 unspecified atom stereocenters. The molecule has 2 aromatic carbocycles. The molecule has 8 heteroatoms. The molecular formula is C16H13Br2NO5. The quantitative estimate of drug-likeness (QED) is 0.600. The van der Waals surface area contributed by atoms with Crippen molar-refractivity contribution in [2.24, 2.45) is 0 Å². The number of halogens is 2. The number of hydrogen-bond acceptors (Lipinski definition) is 5. The summed E-state index contributed by atoms with van der Waals surface area (Å²) in [6.07, 6.45) is 0. The second kappa shape index (κ2) is 7.67. The number of carbonyl (C=O) groups is 2. The highest BCUT2D eigenvalue weighted by Gasteiger charge is 2.21. The van der Waals surface area contributed by atoms with Crippen molar-refractivity contribution in [1.29, 1.82) is 0 Å². The van der Waals surface area contributed by atoms with Gasteiger partial charge in [-0.3, -0.25) is 4.79 Å². The summed E-state index contributed by atoms with van der Waals surface area (Å²) < 4.78 is 5.39. The van der Waals surface area contributed by atoms with Crippen LogP contribution in [0, 0.1) is 0 Å². The van der Waals surface area contributed by atoms with Crippen LogP contribution in [0.2, 0.25) is 0 Å². The second-order valence-electron chi connectivity index (χ2n) is 4.66. The van der Waals surface area contributed by atoms with E-state index in [2.05, 4.69) is 37.2 Å². The van der Waals surface area contributed by atoms with E-state index >= 15 is 0 Å². The molecule has 0 bridgehead atoms. The van der Waals surface area contributed by atoms with E-state index in [4.69, 9.17) is 4.74 Å². The molecule has 0 aliphatic rings. The molecule has 0 atom stereocenters. The summed E-state index contributed by atoms with van der Waals surface area (Å²) in [5.41, 5.74) is 0.472. The van der Waals surface area contributed by atoms with Gasteiger partial charge in [0.15, 0.2) is 0 Å². The number of amides is 1. The zero-order valence-corrected chi connectivity index (χ0v) is 15.6. The molecule has 0 heterocycles. The Morgan fingerprint density at radius 3 is 2.12 bits per heavy atom. The third-order valence-corrected chi connectivity index (χ3v) is 4.27. The van der Waals surface area contributed by atoms with Crippen LogP contribution in [0.1, 0.15) is 27.6 Å². The Balaban J connectivity index is 2.23. The Morgan fingerprint density at radius 1 is 1.08 bits per heavy atom. The number of carbonyl (C=O) groups excluding carboxylic acids is 2. The lowest BCUT2D eigenvalue weighted by atomic mass is 10.1. The number of anilines is 1. The standard InChI is InChI=1S/C16H13Br2NO5/c1-2-24-16(23)8-3-5-9(6-4-8)19-15(22)12-13(20)10(17)7-11(18)14(12)21/h3-7,20-21H,2H2,1H3,(H,19,22). The minimum Gasteiger partial charge on any atom is -0.506 e. The van der Waals surface area contributed by atoms with Crippen molar-refractivity contribution in [3.63, 3.8) is 0 Å². The third-order valence-electron chi connectivity index (χ3n) is 3.06. The minimum atomic E-state index is -0.698. The number of benzene rings is 2. The highest BCUT2D eigenvalue weighted by molar-refractivity contribution is 9.11. The summed E-state index contributed by atoms with van der Waals surface area (Å²) in [6, 6.07) is 7.47. The summed E-state index contributed by atoms with van der Waals surface area (Å²) >= 11 is 6.20. The average molecular weight is 459 g/mol. The number of rotatable bonds is 4. The van der Waals surface area contributed by atoms with Crippen LogP contribution in [0.5, 0.6) is 11.5 Å². The Bertz CT molecular complexity index is 764. The molecule has 0 radical (unpaired) electrons. The van der Waals surface area contributed by atoms with E-state index in [1.54, 1.807) is 6.92 Å². The molecule has 6 nitrogen and oxygen atoms in total. The first-order valence-corrected chi connectivity index (χ1v) is 8.42. The normalized spacial score (nSPS) is 10.3. The molecule has 0 aromatic heterocycles. The number of ether oxygens (including phenoxy) is 1. The molecule has 0 aliphatic carbocycles. The monoisotopic (exact) mass is 457 g/mol. The first-order chi connectivity index (χ1) is 11.3. The lowest BCUT2D eigenvalue weighted by molar-refractivity contribution is 0.0526. The summed E-state index contributed by atoms with van der Waals surface area (Å²) in [7, 11) is 0. The maximum Gasteiger partial charge on any atom is 0.338 e. The molecule has 0 fully saturated rings. The van der Waals surface area contributed by atoms with Crippen LogP contribution < -0.4 is 5.32 Å². The predicted molar refractivity (Wildman–Crippen MR) is 95.5 cm³/mol. The largest absolute Gasteiger partial charge is 0.506 e. The van der Waals surface area contributed by atoms with E-state index in [9.17, 15) is 19.8 Å². The fourth-order valence-corrected chi connectivity index (χ4v) is 3.07. The van der Waals surface area contributed by atoms with Gasteiger partial charge in [-0.15, -0.1) is 0 Å². The van der Waals surface area contributed by atoms with E-state index < -0.39 is 11.9 Å². The van der Waals surface area contributed by atoms with Crippen LogP contribution in [0.25, 0.3) is 0 Å². The first kappa shape index (κ1) is 18.3. The summed E-state index contributed by atoms with van der Waals surface area (Å²) in [6.45, 7) is 1.98. The van der Waals surface area contributed by atoms with Crippen molar-refractivity contribution in [3.8, 4) is 11.5 Å². The van der Waals surface area contributed by atoms with E-state index in [0.717, 1.165) is 0 Å². The van der Waals surface area contributed by atoms with Gasteiger partial charge >= 0.3 is 5.97 Å². The topological polar surface area (TPSA) is 95.9 Å². The molecular weight excluding hydrogens is 446 g/mol. The van der Waals surface area contributed by atoms with Crippen molar-refractivity contribution >= 4 is 49.4 Å². The van der Waals surface area contributed by atoms with Gasteiger partial charge in [0, 0.05) is 5.69 Å². The lowest BCUT2D eigenvalue weighted by Crippen LogP contribution is -2.13. The van der Waals surface area contributed by atoms with Gasteiger partial charge in [0.05, 0.1) is 21.1 Å². The Labute approximate surface area is 154 Å². The Kier molecular flexibility index (Phi) is 5.84. The van der Waals surface area contributed by atoms with Crippen molar-refractivity contribution in [1.82, 2.24) is 0 Å². The van der Waals surface area contributed by atoms with E-state index in [-0.39, 0.29) is 32.6 Å². The maximum atomic E-state index is 12.3. The maximum absolute atomic E-state index is 12.3. The number of esters is 1. The molecule has 2 aromatic rings. The van der Waals surface area contributed by atoms with Crippen molar-refractivity contribution in [2.75, 3.05) is 11.9 Å². The van der Waals surface area contributed by atoms with Crippen LogP contribution >= 0.6 is 31.9 Å². The van der Waals surface area contributed by atoms with Gasteiger partial charge in [-0.25, -0.2) is 4.79 Å². The smallest absolute Gasteiger partial charge is 0.338 e. The molecule has 0 aliphatic heterocycles. The zero-order valence-electron chi connectivity index (χ0n) is 12.5. The Hall–Kier alpha value is -2.06. The predicted octanol–water partition coefficient (Wildman–Crippen LogP) is 4.05. The van der Waals surface area contributed by atoms with Crippen LogP contribution in [0.15, 0.2) is 39.3 Å². The number of aromatic hydroxyl groups is 2. The highest BCUT2D eigenvalue weighted by Crippen LogP contribution is 2.40. The zero-order chi connectivity index (χ0) is 17.9. The SMILES string of the molecule is CCOC(=O)c1ccc(NC(=O)c2c(O)c(Br)cc(Br)c2O)cc1. The van der Waals surface area contributed by atoms with Crippen molar-refractivity contribution in [2.45, 2.75) is 6.92 Å². The van der Waals surface area contributed by atoms with E-state index in [0.29, 0.717) is 11.3 Å². The van der Waals surface area contributed by atoms with Crippen molar-refractivity contribution in [3.05, 3.63) is 50.4 Å². The summed E-state index contributed by atoms with van der Waals surface area (Å²) in [5.74, 6) is -1.91. The molecule has 2 rings (SSSR count). The number of nitrogens with one attached hydrogen (secondary N) is 1. The molecule has 24 heavy (non-hydrogen) atoms. The molecule has 0 saturated heterocycles. The van der Waals surface area contributed by atoms with Crippen LogP contribution in [-0.2, 0) is 4.74 Å². The van der Waals surface area contributed by atoms with Crippen LogP contribution in [0.4, 0.5) is 5.69 Å². The molecule has 126 valence electrons. The fourth-order valence-electron chi connectivity index (χ4n) is 1.91. The Morgan fingerprint density at radius 2 is 1.62 bits per heavy atom. The number of hydrogen-bond donors (Lipinski definition) is 3. The molecule has 1 amide bonds. The van der Waals surface area contributed by atoms with Gasteiger partial charge < -0.3 is 20.3 Å².